The highest BCUT2D eigenvalue weighted by Crippen LogP contribution is 2.31. The number of hydrogen-bond donors (Lipinski definition) is 1. The monoisotopic (exact) mass is 305 g/mol. The first-order valence-electron chi connectivity index (χ1n) is 7.62. The van der Waals surface area contributed by atoms with Crippen LogP contribution in [0.25, 0.3) is 0 Å². The van der Waals surface area contributed by atoms with E-state index in [2.05, 4.69) is 12.2 Å². The molecule has 2 rings (SSSR count). The predicted octanol–water partition coefficient (Wildman–Crippen LogP) is 0.416. The summed E-state index contributed by atoms with van der Waals surface area (Å²) in [5.41, 5.74) is 0. The van der Waals surface area contributed by atoms with Crippen LogP contribution < -0.4 is 5.32 Å². The van der Waals surface area contributed by atoms with Gasteiger partial charge in [0.15, 0.2) is 0 Å². The molecule has 1 aliphatic heterocycles. The zero-order valence-electron chi connectivity index (χ0n) is 12.5. The van der Waals surface area contributed by atoms with E-state index in [1.807, 2.05) is 0 Å². The molecular formula is C13H27N3O3S. The molecule has 118 valence electrons. The minimum absolute atomic E-state index is 0.0463. The van der Waals surface area contributed by atoms with Crippen molar-refractivity contribution < 1.29 is 13.2 Å². The Balaban J connectivity index is 1.94. The van der Waals surface area contributed by atoms with Crippen molar-refractivity contribution in [3.63, 3.8) is 0 Å². The first-order chi connectivity index (χ1) is 9.57. The van der Waals surface area contributed by atoms with E-state index in [9.17, 15) is 8.42 Å². The fourth-order valence-corrected chi connectivity index (χ4v) is 4.68. The molecular weight excluding hydrogens is 278 g/mol. The lowest BCUT2D eigenvalue weighted by molar-refractivity contribution is -0.0258. The maximum Gasteiger partial charge on any atom is 0.282 e. The molecule has 0 spiro atoms. The Kier molecular flexibility index (Phi) is 5.80. The van der Waals surface area contributed by atoms with Crippen LogP contribution >= 0.6 is 0 Å². The van der Waals surface area contributed by atoms with Crippen LogP contribution in [0.2, 0.25) is 0 Å². The Morgan fingerprint density at radius 2 is 2.20 bits per heavy atom. The molecule has 1 aliphatic carbocycles. The van der Waals surface area contributed by atoms with Crippen LogP contribution in [0.5, 0.6) is 0 Å². The molecule has 1 saturated heterocycles. The highest BCUT2D eigenvalue weighted by molar-refractivity contribution is 7.86. The van der Waals surface area contributed by atoms with Gasteiger partial charge in [0.1, 0.15) is 0 Å². The van der Waals surface area contributed by atoms with Gasteiger partial charge in [-0.15, -0.1) is 0 Å². The second kappa shape index (κ2) is 7.17. The normalized spacial score (nSPS) is 27.9. The average molecular weight is 305 g/mol. The van der Waals surface area contributed by atoms with Crippen LogP contribution in [0.3, 0.4) is 0 Å². The summed E-state index contributed by atoms with van der Waals surface area (Å²) in [6, 6.07) is 0.0463. The molecule has 1 N–H and O–H groups in total. The van der Waals surface area contributed by atoms with Crippen molar-refractivity contribution in [1.82, 2.24) is 13.9 Å². The van der Waals surface area contributed by atoms with Crippen LogP contribution in [0.15, 0.2) is 0 Å². The molecule has 0 radical (unpaired) electrons. The smallest absolute Gasteiger partial charge is 0.282 e. The fourth-order valence-electron chi connectivity index (χ4n) is 3.07. The first-order valence-corrected chi connectivity index (χ1v) is 9.02. The summed E-state index contributed by atoms with van der Waals surface area (Å²) in [5.74, 6) is 0. The minimum Gasteiger partial charge on any atom is -0.375 e. The van der Waals surface area contributed by atoms with Crippen molar-refractivity contribution in [2.24, 2.45) is 0 Å². The lowest BCUT2D eigenvalue weighted by Crippen LogP contribution is -2.55. The molecule has 0 aromatic carbocycles. The zero-order chi connectivity index (χ0) is 14.6. The molecule has 0 aromatic rings. The van der Waals surface area contributed by atoms with Crippen LogP contribution in [0.4, 0.5) is 0 Å². The largest absolute Gasteiger partial charge is 0.375 e. The third kappa shape index (κ3) is 3.51. The summed E-state index contributed by atoms with van der Waals surface area (Å²) in [4.78, 5) is 0. The van der Waals surface area contributed by atoms with Gasteiger partial charge >= 0.3 is 0 Å². The highest BCUT2D eigenvalue weighted by Gasteiger charge is 2.42. The molecule has 2 atom stereocenters. The number of hydrogen-bond acceptors (Lipinski definition) is 4. The number of nitrogens with zero attached hydrogens (tertiary/aromatic N) is 2. The molecule has 2 fully saturated rings. The number of ether oxygens (including phenoxy) is 1. The van der Waals surface area contributed by atoms with Crippen LogP contribution in [0, 0.1) is 0 Å². The molecule has 1 heterocycles. The number of morpholine rings is 1. The summed E-state index contributed by atoms with van der Waals surface area (Å²) in [6.07, 6.45) is 3.91. The van der Waals surface area contributed by atoms with Crippen molar-refractivity contribution in [2.75, 3.05) is 39.8 Å². The Morgan fingerprint density at radius 3 is 2.95 bits per heavy atom. The van der Waals surface area contributed by atoms with E-state index in [-0.39, 0.29) is 12.1 Å². The molecule has 2 aliphatic rings. The fraction of sp³-hybridized carbons (Fsp3) is 1.00. The third-order valence-electron chi connectivity index (χ3n) is 4.20. The molecule has 2 unspecified atom stereocenters. The van der Waals surface area contributed by atoms with Gasteiger partial charge in [-0.05, 0) is 38.8 Å². The van der Waals surface area contributed by atoms with Crippen molar-refractivity contribution in [2.45, 2.75) is 44.8 Å². The highest BCUT2D eigenvalue weighted by atomic mass is 32.2. The average Bonchev–Trinajstić information content (AvgIpc) is 2.91. The number of rotatable bonds is 7. The first kappa shape index (κ1) is 16.2. The topological polar surface area (TPSA) is 61.9 Å². The summed E-state index contributed by atoms with van der Waals surface area (Å²) >= 11 is 0. The van der Waals surface area contributed by atoms with Gasteiger partial charge < -0.3 is 10.1 Å². The maximum atomic E-state index is 12.7. The molecule has 20 heavy (non-hydrogen) atoms. The molecule has 6 nitrogen and oxygen atoms in total. The van der Waals surface area contributed by atoms with Gasteiger partial charge in [-0.2, -0.15) is 17.0 Å². The van der Waals surface area contributed by atoms with Gasteiger partial charge in [-0.3, -0.25) is 0 Å². The third-order valence-corrected chi connectivity index (χ3v) is 6.21. The van der Waals surface area contributed by atoms with Gasteiger partial charge in [0.2, 0.25) is 0 Å². The quantitative estimate of drug-likeness (QED) is 0.692. The standard InChI is InChI=1S/C13H27N3O3S/c1-3-14-8-5-9-15(2)20(17,18)16-10-11-19-13-7-4-6-12(13)16/h12-14H,3-11H2,1-2H3. The van der Waals surface area contributed by atoms with Gasteiger partial charge in [0.05, 0.1) is 18.8 Å². The maximum absolute atomic E-state index is 12.7. The van der Waals surface area contributed by atoms with Crippen LogP contribution in [0.1, 0.15) is 32.6 Å². The molecule has 0 bridgehead atoms. The van der Waals surface area contributed by atoms with Gasteiger partial charge in [0, 0.05) is 20.1 Å². The summed E-state index contributed by atoms with van der Waals surface area (Å²) in [5, 5.41) is 3.22. The van der Waals surface area contributed by atoms with E-state index < -0.39 is 10.2 Å². The molecule has 0 aromatic heterocycles. The second-order valence-corrected chi connectivity index (χ2v) is 7.54. The lowest BCUT2D eigenvalue weighted by atomic mass is 10.2. The number of nitrogens with one attached hydrogen (secondary N) is 1. The summed E-state index contributed by atoms with van der Waals surface area (Å²) in [7, 11) is -1.66. The van der Waals surface area contributed by atoms with E-state index >= 15 is 0 Å². The predicted molar refractivity (Wildman–Crippen MR) is 78.8 cm³/mol. The van der Waals surface area contributed by atoms with E-state index in [0.29, 0.717) is 19.7 Å². The van der Waals surface area contributed by atoms with Gasteiger partial charge in [0.25, 0.3) is 10.2 Å². The summed E-state index contributed by atoms with van der Waals surface area (Å²) < 4.78 is 34.2. The van der Waals surface area contributed by atoms with Gasteiger partial charge in [-0.25, -0.2) is 0 Å². The van der Waals surface area contributed by atoms with E-state index in [0.717, 1.165) is 38.8 Å². The Hall–Kier alpha value is -0.210. The summed E-state index contributed by atoms with van der Waals surface area (Å²) in [6.45, 7) is 5.39. The van der Waals surface area contributed by atoms with Crippen LogP contribution in [-0.2, 0) is 14.9 Å². The van der Waals surface area contributed by atoms with Crippen LogP contribution in [-0.4, -0.2) is 69.0 Å². The Morgan fingerprint density at radius 1 is 1.40 bits per heavy atom. The van der Waals surface area contributed by atoms with E-state index in [4.69, 9.17) is 4.74 Å². The SMILES string of the molecule is CCNCCCN(C)S(=O)(=O)N1CCOC2CCCC21. The Labute approximate surface area is 122 Å². The lowest BCUT2D eigenvalue weighted by Gasteiger charge is -2.38. The second-order valence-electron chi connectivity index (χ2n) is 5.55. The zero-order valence-corrected chi connectivity index (χ0v) is 13.4. The van der Waals surface area contributed by atoms with E-state index in [1.165, 1.54) is 4.31 Å². The van der Waals surface area contributed by atoms with Crippen molar-refractivity contribution in [3.05, 3.63) is 0 Å². The van der Waals surface area contributed by atoms with Crippen molar-refractivity contribution in [1.29, 1.82) is 0 Å². The van der Waals surface area contributed by atoms with Crippen molar-refractivity contribution in [3.8, 4) is 0 Å². The van der Waals surface area contributed by atoms with E-state index in [1.54, 1.807) is 11.4 Å². The minimum atomic E-state index is -3.34. The van der Waals surface area contributed by atoms with Crippen molar-refractivity contribution >= 4 is 10.2 Å². The van der Waals surface area contributed by atoms with Gasteiger partial charge in [-0.1, -0.05) is 6.92 Å². The molecule has 7 heteroatoms. The molecule has 0 amide bonds. The Bertz CT molecular complexity index is 402. The molecule has 1 saturated carbocycles. The number of fused-ring (bicyclic) bond motifs is 1.